The molecule has 0 radical (unpaired) electrons. The van der Waals surface area contributed by atoms with E-state index in [0.717, 1.165) is 11.8 Å². The lowest BCUT2D eigenvalue weighted by Gasteiger charge is -2.30. The first kappa shape index (κ1) is 14.1. The number of rotatable bonds is 5. The molecule has 0 aromatic carbocycles. The number of hydrogen-bond donors (Lipinski definition) is 2. The molecule has 19 heavy (non-hydrogen) atoms. The average molecular weight is 263 g/mol. The Bertz CT molecular complexity index is 387. The molecule has 0 amide bonds. The van der Waals surface area contributed by atoms with Crippen LogP contribution in [-0.2, 0) is 0 Å². The lowest BCUT2D eigenvalue weighted by atomic mass is 9.84. The van der Waals surface area contributed by atoms with Gasteiger partial charge in [0.15, 0.2) is 0 Å². The number of nitrogens with one attached hydrogen (secondary N) is 1. The maximum Gasteiger partial charge on any atom is 0.226 e. The van der Waals surface area contributed by atoms with Gasteiger partial charge in [0.05, 0.1) is 0 Å². The molecule has 1 heterocycles. The largest absolute Gasteiger partial charge is 0.366 e. The van der Waals surface area contributed by atoms with E-state index in [9.17, 15) is 0 Å². The Kier molecular flexibility index (Phi) is 4.96. The maximum absolute atomic E-state index is 5.93. The van der Waals surface area contributed by atoms with Crippen molar-refractivity contribution in [2.45, 2.75) is 38.1 Å². The van der Waals surface area contributed by atoms with E-state index in [1.165, 1.54) is 32.1 Å². The predicted molar refractivity (Wildman–Crippen MR) is 79.4 cm³/mol. The molecule has 2 rings (SSSR count). The highest BCUT2D eigenvalue weighted by Crippen LogP contribution is 2.27. The molecular formula is C14H25N5. The minimum absolute atomic E-state index is 0.324. The topological polar surface area (TPSA) is 67.1 Å². The first-order chi connectivity index (χ1) is 9.20. The van der Waals surface area contributed by atoms with Crippen LogP contribution >= 0.6 is 0 Å². The second kappa shape index (κ2) is 6.70. The third kappa shape index (κ3) is 3.80. The highest BCUT2D eigenvalue weighted by Gasteiger charge is 2.22. The predicted octanol–water partition coefficient (Wildman–Crippen LogP) is 1.86. The van der Waals surface area contributed by atoms with E-state index in [2.05, 4.69) is 15.3 Å². The van der Waals surface area contributed by atoms with E-state index in [0.29, 0.717) is 18.5 Å². The molecule has 1 unspecified atom stereocenters. The van der Waals surface area contributed by atoms with Crippen molar-refractivity contribution < 1.29 is 0 Å². The fourth-order valence-electron chi connectivity index (χ4n) is 2.74. The summed E-state index contributed by atoms with van der Waals surface area (Å²) in [6, 6.07) is 2.24. The van der Waals surface area contributed by atoms with Crippen molar-refractivity contribution in [3.8, 4) is 0 Å². The van der Waals surface area contributed by atoms with Crippen LogP contribution in [0.5, 0.6) is 0 Å². The second-order valence-electron chi connectivity index (χ2n) is 5.52. The molecule has 1 saturated carbocycles. The smallest absolute Gasteiger partial charge is 0.226 e. The van der Waals surface area contributed by atoms with E-state index in [1.807, 2.05) is 25.1 Å². The quantitative estimate of drug-likeness (QED) is 0.849. The molecule has 0 saturated heterocycles. The van der Waals surface area contributed by atoms with Crippen LogP contribution in [-0.4, -0.2) is 36.6 Å². The minimum atomic E-state index is 0.324. The van der Waals surface area contributed by atoms with Gasteiger partial charge in [0.1, 0.15) is 5.82 Å². The molecular weight excluding hydrogens is 238 g/mol. The molecule has 1 aliphatic rings. The summed E-state index contributed by atoms with van der Waals surface area (Å²) in [5, 5.41) is 3.49. The summed E-state index contributed by atoms with van der Waals surface area (Å²) in [6.45, 7) is 0.659. The number of nitrogens with zero attached hydrogens (tertiary/aromatic N) is 3. The second-order valence-corrected chi connectivity index (χ2v) is 5.52. The van der Waals surface area contributed by atoms with Crippen LogP contribution in [0.25, 0.3) is 0 Å². The van der Waals surface area contributed by atoms with E-state index < -0.39 is 0 Å². The van der Waals surface area contributed by atoms with Crippen molar-refractivity contribution in [1.29, 1.82) is 0 Å². The van der Waals surface area contributed by atoms with Gasteiger partial charge >= 0.3 is 0 Å². The molecule has 1 aromatic heterocycles. The Morgan fingerprint density at radius 1 is 1.37 bits per heavy atom. The summed E-state index contributed by atoms with van der Waals surface area (Å²) in [6.07, 6.45) is 8.37. The van der Waals surface area contributed by atoms with Crippen molar-refractivity contribution in [2.24, 2.45) is 11.7 Å². The number of aromatic nitrogens is 2. The van der Waals surface area contributed by atoms with Crippen LogP contribution in [0.3, 0.4) is 0 Å². The lowest BCUT2D eigenvalue weighted by Crippen LogP contribution is -2.37. The summed E-state index contributed by atoms with van der Waals surface area (Å²) in [5.41, 5.74) is 5.93. The maximum atomic E-state index is 5.93. The van der Waals surface area contributed by atoms with Crippen molar-refractivity contribution in [2.75, 3.05) is 30.9 Å². The molecule has 1 aromatic rings. The molecule has 0 aliphatic heterocycles. The lowest BCUT2D eigenvalue weighted by molar-refractivity contribution is 0.320. The summed E-state index contributed by atoms with van der Waals surface area (Å²) >= 11 is 0. The normalized spacial score (nSPS) is 18.1. The molecule has 1 fully saturated rings. The van der Waals surface area contributed by atoms with Crippen molar-refractivity contribution >= 4 is 11.8 Å². The molecule has 5 nitrogen and oxygen atoms in total. The Balaban J connectivity index is 2.02. The van der Waals surface area contributed by atoms with Gasteiger partial charge in [-0.2, -0.15) is 4.98 Å². The molecule has 106 valence electrons. The number of anilines is 2. The van der Waals surface area contributed by atoms with Crippen molar-refractivity contribution in [3.63, 3.8) is 0 Å². The molecule has 5 heteroatoms. The summed E-state index contributed by atoms with van der Waals surface area (Å²) in [4.78, 5) is 10.6. The number of hydrogen-bond acceptors (Lipinski definition) is 5. The highest BCUT2D eigenvalue weighted by atomic mass is 15.2. The van der Waals surface area contributed by atoms with Gasteiger partial charge in [0.2, 0.25) is 5.95 Å². The fraction of sp³-hybridized carbons (Fsp3) is 0.714. The van der Waals surface area contributed by atoms with Gasteiger partial charge in [-0.05, 0) is 24.8 Å². The zero-order valence-electron chi connectivity index (χ0n) is 12.0. The van der Waals surface area contributed by atoms with E-state index in [1.54, 1.807) is 6.20 Å². The third-order valence-electron chi connectivity index (χ3n) is 3.85. The van der Waals surface area contributed by atoms with Gasteiger partial charge in [0, 0.05) is 32.9 Å². The zero-order valence-corrected chi connectivity index (χ0v) is 12.0. The van der Waals surface area contributed by atoms with Crippen LogP contribution in [0.2, 0.25) is 0 Å². The first-order valence-corrected chi connectivity index (χ1v) is 7.17. The van der Waals surface area contributed by atoms with Gasteiger partial charge in [0.25, 0.3) is 0 Å². The van der Waals surface area contributed by atoms with Crippen molar-refractivity contribution in [1.82, 2.24) is 9.97 Å². The van der Waals surface area contributed by atoms with E-state index >= 15 is 0 Å². The monoisotopic (exact) mass is 263 g/mol. The third-order valence-corrected chi connectivity index (χ3v) is 3.85. The Morgan fingerprint density at radius 2 is 2.11 bits per heavy atom. The molecule has 1 atom stereocenters. The van der Waals surface area contributed by atoms with Crippen LogP contribution in [0.15, 0.2) is 12.3 Å². The average Bonchev–Trinajstić information content (AvgIpc) is 2.46. The fourth-order valence-corrected chi connectivity index (χ4v) is 2.74. The Labute approximate surface area is 115 Å². The van der Waals surface area contributed by atoms with Crippen LogP contribution < -0.4 is 16.0 Å². The Morgan fingerprint density at radius 3 is 2.74 bits per heavy atom. The Hall–Kier alpha value is -1.36. The number of nitrogens with two attached hydrogens (primary N) is 1. The van der Waals surface area contributed by atoms with Gasteiger partial charge in [-0.1, -0.05) is 19.3 Å². The highest BCUT2D eigenvalue weighted by molar-refractivity contribution is 5.41. The molecule has 0 spiro atoms. The van der Waals surface area contributed by atoms with Crippen molar-refractivity contribution in [3.05, 3.63) is 12.3 Å². The summed E-state index contributed by atoms with van der Waals surface area (Å²) < 4.78 is 0. The zero-order chi connectivity index (χ0) is 13.7. The van der Waals surface area contributed by atoms with Gasteiger partial charge < -0.3 is 16.0 Å². The first-order valence-electron chi connectivity index (χ1n) is 7.17. The molecule has 1 aliphatic carbocycles. The van der Waals surface area contributed by atoms with Crippen LogP contribution in [0, 0.1) is 5.92 Å². The molecule has 0 bridgehead atoms. The minimum Gasteiger partial charge on any atom is -0.366 e. The molecule has 3 N–H and O–H groups in total. The SMILES string of the molecule is CN(C)c1nccc(NC(CN)C2CCCCC2)n1. The standard InChI is InChI=1S/C14H25N5/c1-19(2)14-16-9-8-13(18-14)17-12(10-15)11-6-4-3-5-7-11/h8-9,11-12H,3-7,10,15H2,1-2H3,(H,16,17,18). The van der Waals surface area contributed by atoms with Crippen LogP contribution in [0.4, 0.5) is 11.8 Å². The van der Waals surface area contributed by atoms with Crippen LogP contribution in [0.1, 0.15) is 32.1 Å². The van der Waals surface area contributed by atoms with E-state index in [4.69, 9.17) is 5.73 Å². The van der Waals surface area contributed by atoms with Gasteiger partial charge in [-0.3, -0.25) is 0 Å². The summed E-state index contributed by atoms with van der Waals surface area (Å²) in [7, 11) is 3.89. The van der Waals surface area contributed by atoms with E-state index in [-0.39, 0.29) is 0 Å². The summed E-state index contributed by atoms with van der Waals surface area (Å²) in [5.74, 6) is 2.28. The van der Waals surface area contributed by atoms with Gasteiger partial charge in [-0.15, -0.1) is 0 Å². The van der Waals surface area contributed by atoms with Gasteiger partial charge in [-0.25, -0.2) is 4.98 Å².